The fourth-order valence-electron chi connectivity index (χ4n) is 2.60. The number of aromatic nitrogens is 2. The van der Waals surface area contributed by atoms with Crippen LogP contribution in [0.1, 0.15) is 22.9 Å². The van der Waals surface area contributed by atoms with Crippen LogP contribution in [0, 0.1) is 18.3 Å². The van der Waals surface area contributed by atoms with E-state index in [0.717, 1.165) is 10.5 Å². The number of ether oxygens (including phenoxy) is 1. The van der Waals surface area contributed by atoms with Gasteiger partial charge in [-0.05, 0) is 30.9 Å². The first-order valence-corrected chi connectivity index (χ1v) is 8.10. The van der Waals surface area contributed by atoms with E-state index >= 15 is 0 Å². The van der Waals surface area contributed by atoms with Crippen molar-refractivity contribution in [3.63, 3.8) is 0 Å². The van der Waals surface area contributed by atoms with Crippen molar-refractivity contribution in [1.29, 1.82) is 5.26 Å². The molecule has 0 aliphatic carbocycles. The average Bonchev–Trinajstić information content (AvgIpc) is 2.53. The third-order valence-electron chi connectivity index (χ3n) is 3.66. The predicted molar refractivity (Wildman–Crippen MR) is 87.1 cm³/mol. The summed E-state index contributed by atoms with van der Waals surface area (Å²) in [5, 5.41) is 9.46. The minimum atomic E-state index is -0.587. The first-order valence-electron chi connectivity index (χ1n) is 6.87. The molecule has 0 spiro atoms. The summed E-state index contributed by atoms with van der Waals surface area (Å²) in [6.45, 7) is 1.66. The Morgan fingerprint density at radius 1 is 1.39 bits per heavy atom. The maximum Gasteiger partial charge on any atom is 0.258 e. The number of nitrogens with one attached hydrogen (secondary N) is 1. The summed E-state index contributed by atoms with van der Waals surface area (Å²) in [5.74, 6) is -0.0203. The second-order valence-corrected chi connectivity index (χ2v) is 5.95. The fourth-order valence-corrected chi connectivity index (χ4v) is 3.00. The molecule has 6 nitrogen and oxygen atoms in total. The molecule has 3 N–H and O–H groups in total. The van der Waals surface area contributed by atoms with E-state index in [2.05, 4.69) is 16.0 Å². The molecule has 116 valence electrons. The van der Waals surface area contributed by atoms with Gasteiger partial charge in [0.1, 0.15) is 17.5 Å². The van der Waals surface area contributed by atoms with Gasteiger partial charge in [0.2, 0.25) is 11.8 Å². The number of thioether (sulfide) groups is 1. The quantitative estimate of drug-likeness (QED) is 0.818. The van der Waals surface area contributed by atoms with E-state index in [1.165, 1.54) is 0 Å². The summed E-state index contributed by atoms with van der Waals surface area (Å²) in [6, 6.07) is 9.71. The molecule has 2 aromatic rings. The molecule has 1 aromatic heterocycles. The number of nitriles is 1. The van der Waals surface area contributed by atoms with E-state index in [-0.39, 0.29) is 22.9 Å². The van der Waals surface area contributed by atoms with Crippen LogP contribution in [0.3, 0.4) is 0 Å². The molecule has 3 rings (SSSR count). The number of hydrogen-bond acceptors (Lipinski definition) is 6. The van der Waals surface area contributed by atoms with Crippen molar-refractivity contribution in [2.24, 2.45) is 5.73 Å². The Kier molecular flexibility index (Phi) is 3.84. The molecule has 0 saturated heterocycles. The van der Waals surface area contributed by atoms with Crippen LogP contribution in [0.4, 0.5) is 0 Å². The molecule has 0 fully saturated rings. The van der Waals surface area contributed by atoms with Crippen molar-refractivity contribution in [1.82, 2.24) is 9.97 Å². The lowest BCUT2D eigenvalue weighted by molar-refractivity contribution is 0.373. The van der Waals surface area contributed by atoms with Crippen LogP contribution < -0.4 is 16.0 Å². The SMILES string of the molecule is CSc1ccc(C2C(C#N)=C(N)Oc3nc(C)[nH]c(=O)c32)cc1. The number of benzene rings is 1. The van der Waals surface area contributed by atoms with Crippen LogP contribution in [-0.2, 0) is 0 Å². The topological polar surface area (TPSA) is 105 Å². The number of fused-ring (bicyclic) bond motifs is 1. The maximum absolute atomic E-state index is 12.4. The molecule has 7 heteroatoms. The molecule has 0 radical (unpaired) electrons. The largest absolute Gasteiger partial charge is 0.422 e. The van der Waals surface area contributed by atoms with Crippen LogP contribution in [0.15, 0.2) is 45.4 Å². The standard InChI is InChI=1S/C16H14N4O2S/c1-8-19-15(21)13-12(9-3-5-10(23-2)6-4-9)11(7-17)14(18)22-16(13)20-8/h3-6,12H,18H2,1-2H3,(H,19,20,21). The van der Waals surface area contributed by atoms with Gasteiger partial charge in [-0.2, -0.15) is 10.2 Å². The van der Waals surface area contributed by atoms with Gasteiger partial charge in [-0.25, -0.2) is 0 Å². The predicted octanol–water partition coefficient (Wildman–Crippen LogP) is 2.02. The zero-order chi connectivity index (χ0) is 16.6. The molecule has 1 aliphatic rings. The summed E-state index contributed by atoms with van der Waals surface area (Å²) in [5.41, 5.74) is 6.85. The Morgan fingerprint density at radius 3 is 2.70 bits per heavy atom. The van der Waals surface area contributed by atoms with Gasteiger partial charge in [0.05, 0.1) is 11.5 Å². The van der Waals surface area contributed by atoms with Crippen LogP contribution in [-0.4, -0.2) is 16.2 Å². The summed E-state index contributed by atoms with van der Waals surface area (Å²) in [4.78, 5) is 20.4. The highest BCUT2D eigenvalue weighted by Gasteiger charge is 2.34. The molecule has 0 saturated carbocycles. The molecule has 1 aromatic carbocycles. The maximum atomic E-state index is 12.4. The van der Waals surface area contributed by atoms with E-state index in [4.69, 9.17) is 10.5 Å². The number of hydrogen-bond donors (Lipinski definition) is 2. The van der Waals surface area contributed by atoms with Gasteiger partial charge in [-0.15, -0.1) is 11.8 Å². The normalized spacial score (nSPS) is 16.5. The van der Waals surface area contributed by atoms with Crippen molar-refractivity contribution >= 4 is 11.8 Å². The Labute approximate surface area is 137 Å². The lowest BCUT2D eigenvalue weighted by Crippen LogP contribution is -2.29. The number of rotatable bonds is 2. The van der Waals surface area contributed by atoms with Crippen molar-refractivity contribution in [3.05, 3.63) is 63.0 Å². The third-order valence-corrected chi connectivity index (χ3v) is 4.40. The zero-order valence-electron chi connectivity index (χ0n) is 12.6. The van der Waals surface area contributed by atoms with Gasteiger partial charge in [-0.1, -0.05) is 12.1 Å². The van der Waals surface area contributed by atoms with Crippen molar-refractivity contribution < 1.29 is 4.74 Å². The number of allylic oxidation sites excluding steroid dienone is 1. The lowest BCUT2D eigenvalue weighted by Gasteiger charge is -2.24. The molecule has 1 aliphatic heterocycles. The fraction of sp³-hybridized carbons (Fsp3) is 0.188. The minimum Gasteiger partial charge on any atom is -0.422 e. The van der Waals surface area contributed by atoms with E-state index < -0.39 is 5.92 Å². The Hall–Kier alpha value is -2.72. The first-order chi connectivity index (χ1) is 11.0. The second-order valence-electron chi connectivity index (χ2n) is 5.07. The highest BCUT2D eigenvalue weighted by atomic mass is 32.2. The number of H-pyrrole nitrogens is 1. The van der Waals surface area contributed by atoms with Crippen molar-refractivity contribution in [2.75, 3.05) is 6.26 Å². The third kappa shape index (κ3) is 2.58. The summed E-state index contributed by atoms with van der Waals surface area (Å²) in [7, 11) is 0. The Balaban J connectivity index is 2.24. The lowest BCUT2D eigenvalue weighted by atomic mass is 9.85. The molecule has 1 atom stereocenters. The van der Waals surface area contributed by atoms with Crippen molar-refractivity contribution in [3.8, 4) is 11.9 Å². The minimum absolute atomic E-state index is 0.0172. The van der Waals surface area contributed by atoms with Crippen molar-refractivity contribution in [2.45, 2.75) is 17.7 Å². The van der Waals surface area contributed by atoms with E-state index in [0.29, 0.717) is 11.4 Å². The average molecular weight is 326 g/mol. The van der Waals surface area contributed by atoms with Gasteiger partial charge in [-0.3, -0.25) is 4.79 Å². The zero-order valence-corrected chi connectivity index (χ0v) is 13.4. The summed E-state index contributed by atoms with van der Waals surface area (Å²) < 4.78 is 5.39. The number of aryl methyl sites for hydroxylation is 1. The number of nitrogens with zero attached hydrogens (tertiary/aromatic N) is 2. The summed E-state index contributed by atoms with van der Waals surface area (Å²) in [6.07, 6.45) is 1.98. The Bertz CT molecular complexity index is 894. The molecular weight excluding hydrogens is 312 g/mol. The Morgan fingerprint density at radius 2 is 2.09 bits per heavy atom. The van der Waals surface area contributed by atoms with Gasteiger partial charge in [0.15, 0.2) is 0 Å². The molecule has 0 bridgehead atoms. The molecule has 2 heterocycles. The highest BCUT2D eigenvalue weighted by molar-refractivity contribution is 7.98. The molecule has 0 amide bonds. The summed E-state index contributed by atoms with van der Waals surface area (Å²) >= 11 is 1.62. The van der Waals surface area contributed by atoms with Gasteiger partial charge >= 0.3 is 0 Å². The van der Waals surface area contributed by atoms with Gasteiger partial charge in [0.25, 0.3) is 5.56 Å². The van der Waals surface area contributed by atoms with E-state index in [1.54, 1.807) is 18.7 Å². The highest BCUT2D eigenvalue weighted by Crippen LogP contribution is 2.39. The second kappa shape index (κ2) is 5.82. The van der Waals surface area contributed by atoms with Crippen LogP contribution in [0.25, 0.3) is 0 Å². The van der Waals surface area contributed by atoms with Gasteiger partial charge < -0.3 is 15.5 Å². The molecular formula is C16H14N4O2S. The van der Waals surface area contributed by atoms with E-state index in [9.17, 15) is 10.1 Å². The number of aromatic amines is 1. The van der Waals surface area contributed by atoms with Crippen LogP contribution >= 0.6 is 11.8 Å². The smallest absolute Gasteiger partial charge is 0.258 e. The van der Waals surface area contributed by atoms with Gasteiger partial charge in [0, 0.05) is 4.90 Å². The monoisotopic (exact) mass is 326 g/mol. The first kappa shape index (κ1) is 15.2. The van der Waals surface area contributed by atoms with E-state index in [1.807, 2.05) is 30.5 Å². The molecule has 1 unspecified atom stereocenters. The molecule has 23 heavy (non-hydrogen) atoms. The van der Waals surface area contributed by atoms with Crippen LogP contribution in [0.5, 0.6) is 5.88 Å². The van der Waals surface area contributed by atoms with Crippen LogP contribution in [0.2, 0.25) is 0 Å². The number of nitrogens with two attached hydrogens (primary N) is 1.